The van der Waals surface area contributed by atoms with Gasteiger partial charge in [-0.2, -0.15) is 0 Å². The van der Waals surface area contributed by atoms with Gasteiger partial charge in [0.2, 0.25) is 0 Å². The third-order valence-electron chi connectivity index (χ3n) is 4.93. The van der Waals surface area contributed by atoms with E-state index in [9.17, 15) is 4.79 Å². The molecular formula is C19H29ClN4O2. The van der Waals surface area contributed by atoms with Gasteiger partial charge in [-0.05, 0) is 51.3 Å². The van der Waals surface area contributed by atoms with E-state index in [1.807, 2.05) is 17.9 Å². The molecular weight excluding hydrogens is 352 g/mol. The fraction of sp³-hybridized carbons (Fsp3) is 0.632. The van der Waals surface area contributed by atoms with Crippen molar-refractivity contribution >= 4 is 29.4 Å². The molecule has 1 amide bonds. The number of halogens is 1. The first-order valence-corrected chi connectivity index (χ1v) is 9.31. The van der Waals surface area contributed by atoms with Crippen molar-refractivity contribution < 1.29 is 9.32 Å². The molecule has 0 bridgehead atoms. The highest BCUT2D eigenvalue weighted by molar-refractivity contribution is 6.06. The van der Waals surface area contributed by atoms with Crippen molar-refractivity contribution in [1.29, 1.82) is 0 Å². The number of aromatic nitrogens is 2. The lowest BCUT2D eigenvalue weighted by atomic mass is 10.00. The highest BCUT2D eigenvalue weighted by atomic mass is 35.5. The van der Waals surface area contributed by atoms with Crippen molar-refractivity contribution in [3.63, 3.8) is 0 Å². The molecule has 2 aromatic rings. The summed E-state index contributed by atoms with van der Waals surface area (Å²) in [5, 5.41) is 8.17. The number of aryl methyl sites for hydroxylation is 1. The van der Waals surface area contributed by atoms with Gasteiger partial charge in [0.15, 0.2) is 0 Å². The van der Waals surface area contributed by atoms with Gasteiger partial charge in [0.1, 0.15) is 0 Å². The van der Waals surface area contributed by atoms with Crippen LogP contribution < -0.4 is 5.32 Å². The van der Waals surface area contributed by atoms with E-state index >= 15 is 0 Å². The smallest absolute Gasteiger partial charge is 0.259 e. The number of hydrogen-bond acceptors (Lipinski definition) is 5. The molecule has 2 aromatic heterocycles. The van der Waals surface area contributed by atoms with Crippen LogP contribution >= 0.6 is 12.4 Å². The maximum atomic E-state index is 13.5. The molecule has 0 radical (unpaired) electrons. The Kier molecular flexibility index (Phi) is 7.01. The predicted molar refractivity (Wildman–Crippen MR) is 105 cm³/mol. The molecule has 0 spiro atoms. The van der Waals surface area contributed by atoms with Crippen LogP contribution in [0.3, 0.4) is 0 Å². The molecule has 144 valence electrons. The zero-order chi connectivity index (χ0) is 18.0. The van der Waals surface area contributed by atoms with Crippen LogP contribution in [0.2, 0.25) is 0 Å². The molecule has 1 aliphatic rings. The van der Waals surface area contributed by atoms with Gasteiger partial charge >= 0.3 is 0 Å². The van der Waals surface area contributed by atoms with Gasteiger partial charge in [-0.1, -0.05) is 25.9 Å². The van der Waals surface area contributed by atoms with Crippen LogP contribution in [-0.2, 0) is 0 Å². The summed E-state index contributed by atoms with van der Waals surface area (Å²) in [5.74, 6) is 0.300. The van der Waals surface area contributed by atoms with Gasteiger partial charge in [0.05, 0.1) is 16.6 Å². The van der Waals surface area contributed by atoms with Crippen LogP contribution in [0.15, 0.2) is 10.6 Å². The Morgan fingerprint density at radius 1 is 1.38 bits per heavy atom. The van der Waals surface area contributed by atoms with Gasteiger partial charge in [0.25, 0.3) is 11.6 Å². The van der Waals surface area contributed by atoms with Crippen molar-refractivity contribution in [3.05, 3.63) is 23.0 Å². The third-order valence-corrected chi connectivity index (χ3v) is 4.93. The summed E-state index contributed by atoms with van der Waals surface area (Å²) in [7, 11) is 0. The Morgan fingerprint density at radius 2 is 2.08 bits per heavy atom. The monoisotopic (exact) mass is 380 g/mol. The summed E-state index contributed by atoms with van der Waals surface area (Å²) < 4.78 is 5.37. The lowest BCUT2D eigenvalue weighted by Crippen LogP contribution is -2.46. The molecule has 1 fully saturated rings. The van der Waals surface area contributed by atoms with E-state index in [1.165, 1.54) is 0 Å². The summed E-state index contributed by atoms with van der Waals surface area (Å²) in [4.78, 5) is 20.1. The molecule has 7 heteroatoms. The fourth-order valence-electron chi connectivity index (χ4n) is 3.54. The number of amides is 1. The molecule has 3 rings (SSSR count). The predicted octanol–water partition coefficient (Wildman–Crippen LogP) is 3.68. The standard InChI is InChI=1S/C19H28N4O2.ClH/c1-5-10-23(14-6-8-20-9-7-14)19(24)15-11-16(12(2)3)21-18-17(15)13(4)22-25-18;/h11-12,14,20H,5-10H2,1-4H3;1H. The number of piperidine rings is 1. The minimum Gasteiger partial charge on any atom is -0.336 e. The maximum Gasteiger partial charge on any atom is 0.259 e. The first kappa shape index (κ1) is 20.6. The Morgan fingerprint density at radius 3 is 2.69 bits per heavy atom. The van der Waals surface area contributed by atoms with E-state index in [0.717, 1.165) is 55.7 Å². The van der Waals surface area contributed by atoms with E-state index in [-0.39, 0.29) is 24.2 Å². The number of carbonyl (C=O) groups excluding carboxylic acids is 1. The SMILES string of the molecule is CCCN(C(=O)c1cc(C(C)C)nc2onc(C)c12)C1CCNCC1.Cl. The van der Waals surface area contributed by atoms with E-state index in [0.29, 0.717) is 17.3 Å². The second-order valence-corrected chi connectivity index (χ2v) is 7.18. The number of nitrogens with one attached hydrogen (secondary N) is 1. The molecule has 1 saturated heterocycles. The number of nitrogens with zero attached hydrogens (tertiary/aromatic N) is 3. The Balaban J connectivity index is 0.00000243. The second-order valence-electron chi connectivity index (χ2n) is 7.18. The number of rotatable bonds is 5. The second kappa shape index (κ2) is 8.82. The van der Waals surface area contributed by atoms with Gasteiger partial charge in [-0.25, -0.2) is 4.98 Å². The fourth-order valence-corrected chi connectivity index (χ4v) is 3.54. The minimum absolute atomic E-state index is 0. The van der Waals surface area contributed by atoms with Crippen molar-refractivity contribution in [1.82, 2.24) is 20.4 Å². The first-order valence-electron chi connectivity index (χ1n) is 9.31. The number of fused-ring (bicyclic) bond motifs is 1. The van der Waals surface area contributed by atoms with Crippen molar-refractivity contribution in [3.8, 4) is 0 Å². The normalized spacial score (nSPS) is 15.3. The quantitative estimate of drug-likeness (QED) is 0.856. The molecule has 6 nitrogen and oxygen atoms in total. The molecule has 0 atom stereocenters. The third kappa shape index (κ3) is 4.01. The molecule has 0 unspecified atom stereocenters. The largest absolute Gasteiger partial charge is 0.336 e. The Bertz CT molecular complexity index is 753. The number of hydrogen-bond donors (Lipinski definition) is 1. The molecule has 0 aromatic carbocycles. The van der Waals surface area contributed by atoms with E-state index in [1.54, 1.807) is 0 Å². The van der Waals surface area contributed by atoms with Crippen LogP contribution in [0.1, 0.15) is 67.7 Å². The summed E-state index contributed by atoms with van der Waals surface area (Å²) >= 11 is 0. The average molecular weight is 381 g/mol. The maximum absolute atomic E-state index is 13.5. The van der Waals surface area contributed by atoms with Gasteiger partial charge in [0, 0.05) is 18.3 Å². The van der Waals surface area contributed by atoms with Crippen LogP contribution in [0.5, 0.6) is 0 Å². The van der Waals surface area contributed by atoms with Crippen molar-refractivity contribution in [2.24, 2.45) is 0 Å². The topological polar surface area (TPSA) is 71.3 Å². The van der Waals surface area contributed by atoms with E-state index < -0.39 is 0 Å². The highest BCUT2D eigenvalue weighted by Gasteiger charge is 2.28. The lowest BCUT2D eigenvalue weighted by Gasteiger charge is -2.34. The van der Waals surface area contributed by atoms with Crippen LogP contribution in [0, 0.1) is 6.92 Å². The molecule has 1 N–H and O–H groups in total. The van der Waals surface area contributed by atoms with E-state index in [4.69, 9.17) is 4.52 Å². The highest BCUT2D eigenvalue weighted by Crippen LogP contribution is 2.27. The number of pyridine rings is 1. The number of carbonyl (C=O) groups is 1. The van der Waals surface area contributed by atoms with Crippen molar-refractivity contribution in [2.75, 3.05) is 19.6 Å². The minimum atomic E-state index is 0. The van der Waals surface area contributed by atoms with Crippen molar-refractivity contribution in [2.45, 2.75) is 58.9 Å². The van der Waals surface area contributed by atoms with Crippen LogP contribution in [-0.4, -0.2) is 46.6 Å². The van der Waals surface area contributed by atoms with Crippen LogP contribution in [0.25, 0.3) is 11.1 Å². The summed E-state index contributed by atoms with van der Waals surface area (Å²) in [6.07, 6.45) is 2.95. The zero-order valence-electron chi connectivity index (χ0n) is 16.0. The molecule has 0 saturated carbocycles. The Labute approximate surface area is 161 Å². The molecule has 26 heavy (non-hydrogen) atoms. The first-order chi connectivity index (χ1) is 12.0. The van der Waals surface area contributed by atoms with E-state index in [2.05, 4.69) is 36.2 Å². The van der Waals surface area contributed by atoms with Crippen LogP contribution in [0.4, 0.5) is 0 Å². The van der Waals surface area contributed by atoms with Gasteiger partial charge in [-0.15, -0.1) is 12.4 Å². The lowest BCUT2D eigenvalue weighted by molar-refractivity contribution is 0.0644. The van der Waals surface area contributed by atoms with Gasteiger partial charge in [-0.3, -0.25) is 4.79 Å². The molecule has 3 heterocycles. The Hall–Kier alpha value is -1.66. The average Bonchev–Trinajstić information content (AvgIpc) is 3.00. The molecule has 0 aliphatic carbocycles. The summed E-state index contributed by atoms with van der Waals surface area (Å²) in [5.41, 5.74) is 2.74. The van der Waals surface area contributed by atoms with Gasteiger partial charge < -0.3 is 14.7 Å². The summed E-state index contributed by atoms with van der Waals surface area (Å²) in [6, 6.07) is 2.23. The zero-order valence-corrected chi connectivity index (χ0v) is 16.9. The summed E-state index contributed by atoms with van der Waals surface area (Å²) in [6.45, 7) is 10.8. The molecule has 1 aliphatic heterocycles.